The summed E-state index contributed by atoms with van der Waals surface area (Å²) in [7, 11) is 0. The Kier molecular flexibility index (Phi) is 14.4. The summed E-state index contributed by atoms with van der Waals surface area (Å²) in [6.07, 6.45) is 4.70. The van der Waals surface area contributed by atoms with E-state index in [1.807, 2.05) is 0 Å². The number of alkyl halides is 3. The average Bonchev–Trinajstić information content (AvgIpc) is 2.79. The maximum absolute atomic E-state index is 12.5. The third-order valence-electron chi connectivity index (χ3n) is 5.83. The zero-order chi connectivity index (χ0) is 26.5. The fraction of sp³-hybridized carbons (Fsp3) is 0.880. The monoisotopic (exact) mass is 511 g/mol. The molecule has 0 aromatic heterocycles. The zero-order valence-electron chi connectivity index (χ0n) is 21.6. The Morgan fingerprint density at radius 1 is 1.11 bits per heavy atom. The van der Waals surface area contributed by atoms with Crippen LogP contribution in [0.3, 0.4) is 0 Å². The van der Waals surface area contributed by atoms with Crippen LogP contribution >= 0.6 is 0 Å². The number of halogens is 3. The van der Waals surface area contributed by atoms with Gasteiger partial charge in [-0.1, -0.05) is 77.7 Å². The quantitative estimate of drug-likeness (QED) is 0.283. The number of amides is 1. The van der Waals surface area contributed by atoms with Crippen LogP contribution in [0.2, 0.25) is 0 Å². The van der Waals surface area contributed by atoms with Gasteiger partial charge in [0.1, 0.15) is 24.4 Å². The summed E-state index contributed by atoms with van der Waals surface area (Å²) < 4.78 is 59.3. The Morgan fingerprint density at radius 2 is 1.66 bits per heavy atom. The molecular weight excluding hydrogens is 467 g/mol. The molecule has 1 amide bonds. The van der Waals surface area contributed by atoms with Crippen molar-refractivity contribution in [3.8, 4) is 0 Å². The summed E-state index contributed by atoms with van der Waals surface area (Å²) in [5.74, 6) is -3.24. The first kappa shape index (κ1) is 31.8. The van der Waals surface area contributed by atoms with Crippen LogP contribution in [-0.4, -0.2) is 66.8 Å². The molecular formula is C25H44F3NO6. The van der Waals surface area contributed by atoms with Gasteiger partial charge in [0, 0.05) is 0 Å². The lowest BCUT2D eigenvalue weighted by Crippen LogP contribution is -2.69. The normalized spacial score (nSPS) is 27.8. The highest BCUT2D eigenvalue weighted by Gasteiger charge is 2.53. The minimum Gasteiger partial charge on any atom is -0.388 e. The Hall–Kier alpha value is -1.20. The molecule has 0 aromatic carbocycles. The smallest absolute Gasteiger partial charge is 0.388 e. The van der Waals surface area contributed by atoms with Gasteiger partial charge in [-0.05, 0) is 13.8 Å². The third-order valence-corrected chi connectivity index (χ3v) is 5.83. The van der Waals surface area contributed by atoms with Gasteiger partial charge in [0.25, 0.3) is 0 Å². The number of carbonyl (C=O) groups is 1. The Balaban J connectivity index is 0.000000471. The van der Waals surface area contributed by atoms with Crippen LogP contribution in [0.4, 0.5) is 13.2 Å². The number of rotatable bonds is 12. The molecule has 2 aliphatic rings. The van der Waals surface area contributed by atoms with Crippen molar-refractivity contribution >= 4 is 5.91 Å². The highest BCUT2D eigenvalue weighted by Crippen LogP contribution is 2.33. The lowest BCUT2D eigenvalue weighted by atomic mass is 9.95. The summed E-state index contributed by atoms with van der Waals surface area (Å²) in [5.41, 5.74) is 0. The summed E-state index contributed by atoms with van der Waals surface area (Å²) in [4.78, 5) is 11.2. The second-order valence-electron chi connectivity index (χ2n) is 9.42. The number of hydrogen-bond donors (Lipinski definition) is 2. The molecule has 2 N–H and O–H groups in total. The lowest BCUT2D eigenvalue weighted by Gasteiger charge is -2.49. The van der Waals surface area contributed by atoms with Crippen LogP contribution in [0, 0.1) is 0 Å². The van der Waals surface area contributed by atoms with Crippen LogP contribution in [0.1, 0.15) is 85.5 Å². The molecule has 0 aromatic rings. The number of fused-ring (bicyclic) bond motifs is 1. The van der Waals surface area contributed by atoms with Gasteiger partial charge in [0.05, 0.1) is 13.2 Å². The third kappa shape index (κ3) is 11.6. The highest BCUT2D eigenvalue weighted by atomic mass is 19.4. The number of ether oxygens (including phenoxy) is 4. The molecule has 5 atom stereocenters. The largest absolute Gasteiger partial charge is 0.471 e. The number of carbonyl (C=O) groups excluding carboxylic acids is 1. The Bertz CT molecular complexity index is 608. The van der Waals surface area contributed by atoms with Crippen molar-refractivity contribution < 1.29 is 42.0 Å². The fourth-order valence-electron chi connectivity index (χ4n) is 3.92. The van der Waals surface area contributed by atoms with E-state index in [0.717, 1.165) is 0 Å². The van der Waals surface area contributed by atoms with Gasteiger partial charge >= 0.3 is 12.1 Å². The van der Waals surface area contributed by atoms with E-state index in [1.54, 1.807) is 19.2 Å². The molecule has 2 heterocycles. The molecule has 2 saturated heterocycles. The number of nitrogens with one attached hydrogen (secondary N) is 1. The number of unbranched alkanes of at least 4 members (excludes halogenated alkanes) is 8. The van der Waals surface area contributed by atoms with Crippen molar-refractivity contribution in [3.63, 3.8) is 0 Å². The van der Waals surface area contributed by atoms with Crippen LogP contribution < -0.4 is 5.32 Å². The molecule has 2 aliphatic heterocycles. The fourth-order valence-corrected chi connectivity index (χ4v) is 3.92. The Morgan fingerprint density at radius 3 is 2.14 bits per heavy atom. The summed E-state index contributed by atoms with van der Waals surface area (Å²) >= 11 is 0. The maximum Gasteiger partial charge on any atom is 0.471 e. The second kappa shape index (κ2) is 15.8. The van der Waals surface area contributed by atoms with E-state index in [0.29, 0.717) is 0 Å². The molecule has 0 spiro atoms. The molecule has 0 aliphatic carbocycles. The van der Waals surface area contributed by atoms with Crippen LogP contribution in [-0.2, 0) is 23.7 Å². The molecule has 0 unspecified atom stereocenters. The molecule has 2 fully saturated rings. The minimum atomic E-state index is -5.10. The predicted molar refractivity (Wildman–Crippen MR) is 127 cm³/mol. The minimum absolute atomic E-state index is 0.0413. The second-order valence-corrected chi connectivity index (χ2v) is 9.42. The van der Waals surface area contributed by atoms with Gasteiger partial charge < -0.3 is 29.4 Å². The van der Waals surface area contributed by atoms with Gasteiger partial charge in [0.2, 0.25) is 0 Å². The first-order chi connectivity index (χ1) is 16.5. The van der Waals surface area contributed by atoms with Gasteiger partial charge in [0.15, 0.2) is 12.1 Å². The Labute approximate surface area is 207 Å². The number of aliphatic hydroxyl groups excluding tert-OH is 1. The SMILES string of the molecule is C=CCO[C@H]1O[C@@H]2COC(C)(C)O[C@H]2[C@H](O)[C@H]1NC(=O)C(F)(F)F.CCCCCCCCCCC. The first-order valence-electron chi connectivity index (χ1n) is 12.7. The van der Waals surface area contributed by atoms with Crippen molar-refractivity contribution in [2.24, 2.45) is 0 Å². The van der Waals surface area contributed by atoms with Crippen molar-refractivity contribution in [1.29, 1.82) is 0 Å². The van der Waals surface area contributed by atoms with Crippen LogP contribution in [0.5, 0.6) is 0 Å². The molecule has 0 radical (unpaired) electrons. The van der Waals surface area contributed by atoms with Gasteiger partial charge in [-0.25, -0.2) is 0 Å². The van der Waals surface area contributed by atoms with Crippen molar-refractivity contribution in [2.75, 3.05) is 13.2 Å². The van der Waals surface area contributed by atoms with E-state index in [1.165, 1.54) is 63.9 Å². The van der Waals surface area contributed by atoms with E-state index in [4.69, 9.17) is 18.9 Å². The number of hydrogen-bond acceptors (Lipinski definition) is 6. The molecule has 2 rings (SSSR count). The van der Waals surface area contributed by atoms with Gasteiger partial charge in [-0.2, -0.15) is 13.2 Å². The highest BCUT2D eigenvalue weighted by molar-refractivity contribution is 5.82. The topological polar surface area (TPSA) is 86.2 Å². The number of aliphatic hydroxyl groups is 1. The summed E-state index contributed by atoms with van der Waals surface area (Å²) in [5, 5.41) is 12.1. The maximum atomic E-state index is 12.5. The van der Waals surface area contributed by atoms with E-state index in [-0.39, 0.29) is 13.2 Å². The molecule has 35 heavy (non-hydrogen) atoms. The van der Waals surface area contributed by atoms with Gasteiger partial charge in [-0.3, -0.25) is 4.79 Å². The molecule has 0 bridgehead atoms. The molecule has 10 heteroatoms. The average molecular weight is 512 g/mol. The molecule has 0 saturated carbocycles. The van der Waals surface area contributed by atoms with Crippen molar-refractivity contribution in [2.45, 2.75) is 128 Å². The summed E-state index contributed by atoms with van der Waals surface area (Å²) in [6, 6.07) is -1.46. The zero-order valence-corrected chi connectivity index (χ0v) is 21.6. The van der Waals surface area contributed by atoms with E-state index >= 15 is 0 Å². The van der Waals surface area contributed by atoms with Crippen molar-refractivity contribution in [3.05, 3.63) is 12.7 Å². The van der Waals surface area contributed by atoms with E-state index in [2.05, 4.69) is 20.4 Å². The predicted octanol–water partition coefficient (Wildman–Crippen LogP) is 5.01. The van der Waals surface area contributed by atoms with E-state index in [9.17, 15) is 23.1 Å². The van der Waals surface area contributed by atoms with Crippen molar-refractivity contribution in [1.82, 2.24) is 5.32 Å². The standard InChI is InChI=1S/C14H20F3NO6.C11H24/c1-4-5-21-11-8(18-12(20)14(15,16)17)9(19)10-7(23-11)6-22-13(2,3)24-10;1-3-5-7-9-11-10-8-6-4-2/h4,7-11,19H,1,5-6H2,2-3H3,(H,18,20);3-11H2,1-2H3/t7-,8-,9-,10-,11+;/m1./s1. The van der Waals surface area contributed by atoms with Crippen LogP contribution in [0.25, 0.3) is 0 Å². The lowest BCUT2D eigenvalue weighted by molar-refractivity contribution is -0.368. The molecule has 206 valence electrons. The summed E-state index contributed by atoms with van der Waals surface area (Å²) in [6.45, 7) is 11.2. The van der Waals surface area contributed by atoms with E-state index < -0.39 is 48.5 Å². The molecule has 7 nitrogen and oxygen atoms in total. The van der Waals surface area contributed by atoms with Crippen LogP contribution in [0.15, 0.2) is 12.7 Å². The van der Waals surface area contributed by atoms with Gasteiger partial charge in [-0.15, -0.1) is 6.58 Å². The first-order valence-corrected chi connectivity index (χ1v) is 12.7.